The Kier molecular flexibility index (Phi) is 4.28. The van der Waals surface area contributed by atoms with Gasteiger partial charge in [-0.25, -0.2) is 5.84 Å². The van der Waals surface area contributed by atoms with Crippen molar-refractivity contribution in [1.29, 1.82) is 0 Å². The summed E-state index contributed by atoms with van der Waals surface area (Å²) < 4.78 is 37.5. The van der Waals surface area contributed by atoms with Crippen LogP contribution >= 0.6 is 0 Å². The molecule has 21 heavy (non-hydrogen) atoms. The molecule has 0 unspecified atom stereocenters. The lowest BCUT2D eigenvalue weighted by molar-refractivity contribution is -0.137. The van der Waals surface area contributed by atoms with Gasteiger partial charge in [-0.15, -0.1) is 0 Å². The predicted octanol–water partition coefficient (Wildman–Crippen LogP) is 2.90. The van der Waals surface area contributed by atoms with Gasteiger partial charge in [-0.2, -0.15) is 13.2 Å². The lowest BCUT2D eigenvalue weighted by atomic mass is 9.98. The normalized spacial score (nSPS) is 11.2. The first-order valence-corrected chi connectivity index (χ1v) is 6.17. The fourth-order valence-electron chi connectivity index (χ4n) is 2.01. The quantitative estimate of drug-likeness (QED) is 0.519. The molecular weight excluding hydrogens is 281 g/mol. The number of hydrazine groups is 1. The van der Waals surface area contributed by atoms with Gasteiger partial charge in [0.1, 0.15) is 0 Å². The summed E-state index contributed by atoms with van der Waals surface area (Å²) in [5.41, 5.74) is 3.13. The Bertz CT molecular complexity index is 636. The van der Waals surface area contributed by atoms with Crippen LogP contribution in [0.3, 0.4) is 0 Å². The van der Waals surface area contributed by atoms with E-state index in [1.54, 1.807) is 24.3 Å². The highest BCUT2D eigenvalue weighted by Gasteiger charge is 2.29. The largest absolute Gasteiger partial charge is 0.416 e. The number of amides is 1. The highest BCUT2D eigenvalue weighted by molar-refractivity contribution is 5.95. The fourth-order valence-corrected chi connectivity index (χ4v) is 2.01. The summed E-state index contributed by atoms with van der Waals surface area (Å²) in [7, 11) is 0. The van der Waals surface area contributed by atoms with Gasteiger partial charge in [0, 0.05) is 5.56 Å². The van der Waals surface area contributed by atoms with Gasteiger partial charge in [-0.05, 0) is 35.7 Å². The van der Waals surface area contributed by atoms with Crippen molar-refractivity contribution in [2.24, 2.45) is 5.84 Å². The van der Waals surface area contributed by atoms with Gasteiger partial charge in [-0.1, -0.05) is 30.3 Å². The summed E-state index contributed by atoms with van der Waals surface area (Å²) in [6, 6.07) is 11.7. The number of nitrogens with one attached hydrogen (secondary N) is 1. The van der Waals surface area contributed by atoms with Crippen molar-refractivity contribution in [2.75, 3.05) is 0 Å². The van der Waals surface area contributed by atoms with Crippen molar-refractivity contribution >= 4 is 5.91 Å². The molecule has 2 aromatic carbocycles. The van der Waals surface area contributed by atoms with E-state index < -0.39 is 17.6 Å². The van der Waals surface area contributed by atoms with Crippen LogP contribution in [0, 0.1) is 0 Å². The second-order valence-electron chi connectivity index (χ2n) is 4.50. The third-order valence-electron chi connectivity index (χ3n) is 3.07. The lowest BCUT2D eigenvalue weighted by Crippen LogP contribution is -2.30. The molecule has 2 aromatic rings. The Morgan fingerprint density at radius 1 is 1.05 bits per heavy atom. The summed E-state index contributed by atoms with van der Waals surface area (Å²) in [6.45, 7) is 0. The zero-order chi connectivity index (χ0) is 15.5. The predicted molar refractivity (Wildman–Crippen MR) is 72.3 cm³/mol. The second-order valence-corrected chi connectivity index (χ2v) is 4.50. The highest BCUT2D eigenvalue weighted by Crippen LogP contribution is 2.29. The standard InChI is InChI=1S/C15H13F3N2O/c16-15(17,18)12-7-5-10(6-8-12)9-11-3-1-2-4-13(11)14(21)20-19/h1-8H,9,19H2,(H,20,21). The van der Waals surface area contributed by atoms with E-state index in [1.165, 1.54) is 12.1 Å². The number of benzene rings is 2. The Balaban J connectivity index is 2.25. The van der Waals surface area contributed by atoms with E-state index in [0.717, 1.165) is 12.1 Å². The first-order chi connectivity index (χ1) is 9.91. The van der Waals surface area contributed by atoms with Crippen LogP contribution < -0.4 is 11.3 Å². The van der Waals surface area contributed by atoms with Crippen LogP contribution in [0.25, 0.3) is 0 Å². The summed E-state index contributed by atoms with van der Waals surface area (Å²) in [5, 5.41) is 0. The molecule has 0 aliphatic carbocycles. The van der Waals surface area contributed by atoms with Crippen LogP contribution in [0.1, 0.15) is 27.0 Å². The van der Waals surface area contributed by atoms with Crippen molar-refractivity contribution in [3.63, 3.8) is 0 Å². The number of carbonyl (C=O) groups is 1. The van der Waals surface area contributed by atoms with E-state index in [4.69, 9.17) is 5.84 Å². The third-order valence-corrected chi connectivity index (χ3v) is 3.07. The van der Waals surface area contributed by atoms with E-state index in [9.17, 15) is 18.0 Å². The second kappa shape index (κ2) is 5.97. The fraction of sp³-hybridized carbons (Fsp3) is 0.133. The lowest BCUT2D eigenvalue weighted by Gasteiger charge is -2.10. The first kappa shape index (κ1) is 15.1. The van der Waals surface area contributed by atoms with Crippen LogP contribution in [-0.4, -0.2) is 5.91 Å². The smallest absolute Gasteiger partial charge is 0.290 e. The minimum Gasteiger partial charge on any atom is -0.290 e. The Morgan fingerprint density at radius 2 is 1.67 bits per heavy atom. The van der Waals surface area contributed by atoms with Gasteiger partial charge >= 0.3 is 6.18 Å². The highest BCUT2D eigenvalue weighted by atomic mass is 19.4. The number of nitrogen functional groups attached to an aromatic ring is 1. The van der Waals surface area contributed by atoms with Gasteiger partial charge in [0.2, 0.25) is 0 Å². The molecule has 1 amide bonds. The molecule has 0 atom stereocenters. The van der Waals surface area contributed by atoms with E-state index in [0.29, 0.717) is 23.1 Å². The molecule has 0 saturated heterocycles. The molecule has 3 N–H and O–H groups in total. The van der Waals surface area contributed by atoms with Gasteiger partial charge in [0.15, 0.2) is 0 Å². The average molecular weight is 294 g/mol. The minimum absolute atomic E-state index is 0.349. The van der Waals surface area contributed by atoms with Gasteiger partial charge < -0.3 is 0 Å². The Labute approximate surface area is 119 Å². The van der Waals surface area contributed by atoms with E-state index in [-0.39, 0.29) is 0 Å². The molecule has 110 valence electrons. The molecule has 0 radical (unpaired) electrons. The summed E-state index contributed by atoms with van der Waals surface area (Å²) in [4.78, 5) is 11.6. The minimum atomic E-state index is -4.35. The van der Waals surface area contributed by atoms with Crippen LogP contribution in [0.4, 0.5) is 13.2 Å². The molecule has 0 aliphatic heterocycles. The molecule has 0 spiro atoms. The molecule has 0 saturated carbocycles. The van der Waals surface area contributed by atoms with Crippen LogP contribution in [-0.2, 0) is 12.6 Å². The van der Waals surface area contributed by atoms with Gasteiger partial charge in [-0.3, -0.25) is 10.2 Å². The summed E-state index contributed by atoms with van der Waals surface area (Å²) in [6.07, 6.45) is -4.00. The molecule has 0 fully saturated rings. The number of nitrogens with two attached hydrogens (primary N) is 1. The molecule has 0 bridgehead atoms. The zero-order valence-electron chi connectivity index (χ0n) is 10.9. The number of halogens is 3. The van der Waals surface area contributed by atoms with Crippen molar-refractivity contribution < 1.29 is 18.0 Å². The summed E-state index contributed by atoms with van der Waals surface area (Å²) in [5.74, 6) is 4.68. The Morgan fingerprint density at radius 3 is 2.24 bits per heavy atom. The summed E-state index contributed by atoms with van der Waals surface area (Å²) >= 11 is 0. The van der Waals surface area contributed by atoms with Crippen molar-refractivity contribution in [3.05, 3.63) is 70.8 Å². The maximum absolute atomic E-state index is 12.5. The van der Waals surface area contributed by atoms with Crippen molar-refractivity contribution in [2.45, 2.75) is 12.6 Å². The van der Waals surface area contributed by atoms with Gasteiger partial charge in [0.25, 0.3) is 5.91 Å². The molecule has 0 aliphatic rings. The van der Waals surface area contributed by atoms with E-state index in [1.807, 2.05) is 5.43 Å². The molecule has 2 rings (SSSR count). The van der Waals surface area contributed by atoms with Crippen molar-refractivity contribution in [3.8, 4) is 0 Å². The first-order valence-electron chi connectivity index (χ1n) is 6.17. The number of rotatable bonds is 3. The van der Waals surface area contributed by atoms with Crippen LogP contribution in [0.5, 0.6) is 0 Å². The average Bonchev–Trinajstić information content (AvgIpc) is 2.46. The van der Waals surface area contributed by atoms with Crippen molar-refractivity contribution in [1.82, 2.24) is 5.43 Å². The number of carbonyl (C=O) groups excluding carboxylic acids is 1. The molecule has 0 heterocycles. The topological polar surface area (TPSA) is 55.1 Å². The molecule has 0 aromatic heterocycles. The molecular formula is C15H13F3N2O. The third kappa shape index (κ3) is 3.61. The SMILES string of the molecule is NNC(=O)c1ccccc1Cc1ccc(C(F)(F)F)cc1. The zero-order valence-corrected chi connectivity index (χ0v) is 10.9. The number of alkyl halides is 3. The Hall–Kier alpha value is -2.34. The number of hydrogen-bond donors (Lipinski definition) is 2. The van der Waals surface area contributed by atoms with Gasteiger partial charge in [0.05, 0.1) is 5.56 Å². The maximum Gasteiger partial charge on any atom is 0.416 e. The number of hydrogen-bond acceptors (Lipinski definition) is 2. The van der Waals surface area contributed by atoms with E-state index in [2.05, 4.69) is 0 Å². The van der Waals surface area contributed by atoms with Crippen LogP contribution in [0.2, 0.25) is 0 Å². The van der Waals surface area contributed by atoms with Crippen LogP contribution in [0.15, 0.2) is 48.5 Å². The molecule has 3 nitrogen and oxygen atoms in total. The molecule has 6 heteroatoms. The van der Waals surface area contributed by atoms with E-state index >= 15 is 0 Å². The monoisotopic (exact) mass is 294 g/mol. The maximum atomic E-state index is 12.5.